The molecule has 7 nitrogen and oxygen atoms in total. The summed E-state index contributed by atoms with van der Waals surface area (Å²) in [6.07, 6.45) is 2.39. The van der Waals surface area contributed by atoms with E-state index in [4.69, 9.17) is 4.74 Å². The quantitative estimate of drug-likeness (QED) is 0.611. The lowest BCUT2D eigenvalue weighted by Gasteiger charge is -2.28. The maximum absolute atomic E-state index is 12.9. The lowest BCUT2D eigenvalue weighted by atomic mass is 9.89. The number of hydrogen-bond donors (Lipinski definition) is 2. The molecule has 7 heteroatoms. The minimum Gasteiger partial charge on any atom is -0.481 e. The topological polar surface area (TPSA) is 95.9 Å². The molecule has 2 aromatic rings. The van der Waals surface area contributed by atoms with Gasteiger partial charge in [0.2, 0.25) is 5.91 Å². The molecule has 2 heterocycles. The lowest BCUT2D eigenvalue weighted by molar-refractivity contribution is -0.143. The highest BCUT2D eigenvalue weighted by atomic mass is 16.5. The average Bonchev–Trinajstić information content (AvgIpc) is 3.51. The van der Waals surface area contributed by atoms with Crippen molar-refractivity contribution in [3.8, 4) is 11.1 Å². The maximum atomic E-state index is 12.9. The van der Waals surface area contributed by atoms with Crippen molar-refractivity contribution >= 4 is 18.0 Å². The van der Waals surface area contributed by atoms with Crippen molar-refractivity contribution in [3.05, 3.63) is 59.7 Å². The maximum Gasteiger partial charge on any atom is 0.407 e. The van der Waals surface area contributed by atoms with E-state index in [1.54, 1.807) is 4.90 Å². The molecule has 0 saturated carbocycles. The molecule has 2 saturated heterocycles. The molecular formula is C28H32N2O5. The number of carboxylic acid groups (broad SMARTS) is 1. The van der Waals surface area contributed by atoms with Gasteiger partial charge in [0, 0.05) is 30.0 Å². The zero-order valence-corrected chi connectivity index (χ0v) is 20.2. The van der Waals surface area contributed by atoms with E-state index in [0.717, 1.165) is 24.0 Å². The van der Waals surface area contributed by atoms with Crippen molar-refractivity contribution in [2.24, 2.45) is 5.92 Å². The predicted octanol–water partition coefficient (Wildman–Crippen LogP) is 4.55. The molecule has 0 spiro atoms. The number of hydrogen-bond acceptors (Lipinski definition) is 4. The monoisotopic (exact) mass is 476 g/mol. The van der Waals surface area contributed by atoms with E-state index in [9.17, 15) is 19.5 Å². The first-order chi connectivity index (χ1) is 16.7. The number of nitrogens with one attached hydrogen (secondary N) is 1. The summed E-state index contributed by atoms with van der Waals surface area (Å²) in [5.74, 6) is -1.30. The third-order valence-electron chi connectivity index (χ3n) is 7.89. The Bertz CT molecular complexity index is 1110. The lowest BCUT2D eigenvalue weighted by Crippen LogP contribution is -2.45. The summed E-state index contributed by atoms with van der Waals surface area (Å²) < 4.78 is 5.66. The van der Waals surface area contributed by atoms with Crippen molar-refractivity contribution in [1.82, 2.24) is 10.2 Å². The summed E-state index contributed by atoms with van der Waals surface area (Å²) in [4.78, 5) is 38.9. The Kier molecular flexibility index (Phi) is 6.03. The van der Waals surface area contributed by atoms with Gasteiger partial charge in [-0.25, -0.2) is 4.79 Å². The van der Waals surface area contributed by atoms with Gasteiger partial charge < -0.3 is 20.1 Å². The number of benzene rings is 2. The van der Waals surface area contributed by atoms with Crippen LogP contribution in [0.4, 0.5) is 4.79 Å². The van der Waals surface area contributed by atoms with Gasteiger partial charge in [-0.2, -0.15) is 0 Å². The van der Waals surface area contributed by atoms with Gasteiger partial charge in [-0.3, -0.25) is 9.59 Å². The molecule has 3 aliphatic rings. The van der Waals surface area contributed by atoms with Gasteiger partial charge in [0.1, 0.15) is 6.61 Å². The Morgan fingerprint density at radius 2 is 1.66 bits per heavy atom. The number of nitrogens with zero attached hydrogens (tertiary/aromatic N) is 1. The van der Waals surface area contributed by atoms with Gasteiger partial charge in [0.05, 0.1) is 5.92 Å². The summed E-state index contributed by atoms with van der Waals surface area (Å²) in [6.45, 7) is 3.99. The highest BCUT2D eigenvalue weighted by molar-refractivity contribution is 5.81. The van der Waals surface area contributed by atoms with Crippen LogP contribution in [-0.2, 0) is 14.3 Å². The van der Waals surface area contributed by atoms with E-state index >= 15 is 0 Å². The molecule has 184 valence electrons. The van der Waals surface area contributed by atoms with Gasteiger partial charge in [-0.15, -0.1) is 0 Å². The molecule has 1 aliphatic carbocycles. The largest absolute Gasteiger partial charge is 0.481 e. The van der Waals surface area contributed by atoms with E-state index in [1.165, 1.54) is 11.1 Å². The van der Waals surface area contributed by atoms with Gasteiger partial charge >= 0.3 is 12.1 Å². The van der Waals surface area contributed by atoms with E-state index in [1.807, 2.05) is 38.1 Å². The molecule has 2 fully saturated rings. The summed E-state index contributed by atoms with van der Waals surface area (Å²) in [7, 11) is 0. The van der Waals surface area contributed by atoms with Crippen molar-refractivity contribution in [2.45, 2.75) is 69.5 Å². The molecule has 5 rings (SSSR count). The number of carbonyl (C=O) groups excluding carboxylic acids is 2. The molecule has 35 heavy (non-hydrogen) atoms. The van der Waals surface area contributed by atoms with Gasteiger partial charge in [0.15, 0.2) is 0 Å². The third-order valence-corrected chi connectivity index (χ3v) is 7.89. The summed E-state index contributed by atoms with van der Waals surface area (Å²) >= 11 is 0. The second-order valence-electron chi connectivity index (χ2n) is 10.6. The molecule has 0 aromatic heterocycles. The smallest absolute Gasteiger partial charge is 0.407 e. The Balaban J connectivity index is 1.15. The predicted molar refractivity (Wildman–Crippen MR) is 131 cm³/mol. The van der Waals surface area contributed by atoms with Crippen molar-refractivity contribution in [1.29, 1.82) is 0 Å². The molecule has 0 radical (unpaired) electrons. The molecule has 2 aliphatic heterocycles. The van der Waals surface area contributed by atoms with Crippen LogP contribution in [-0.4, -0.2) is 52.2 Å². The fourth-order valence-electron chi connectivity index (χ4n) is 6.16. The van der Waals surface area contributed by atoms with Crippen molar-refractivity contribution in [2.75, 3.05) is 6.61 Å². The zero-order chi connectivity index (χ0) is 24.7. The van der Waals surface area contributed by atoms with Crippen LogP contribution in [0.2, 0.25) is 0 Å². The summed E-state index contributed by atoms with van der Waals surface area (Å²) in [6, 6.07) is 16.2. The third kappa shape index (κ3) is 4.40. The van der Waals surface area contributed by atoms with Gasteiger partial charge in [0.25, 0.3) is 0 Å². The first-order valence-electron chi connectivity index (χ1n) is 12.4. The van der Waals surface area contributed by atoms with Crippen LogP contribution in [0.1, 0.15) is 63.0 Å². The highest BCUT2D eigenvalue weighted by Crippen LogP contribution is 2.45. The molecule has 2 amide bonds. The van der Waals surface area contributed by atoms with E-state index in [-0.39, 0.29) is 36.9 Å². The number of ether oxygens (including phenoxy) is 1. The molecule has 3 atom stereocenters. The Hall–Kier alpha value is -3.35. The normalized spacial score (nSPS) is 22.6. The molecule has 2 aromatic carbocycles. The van der Waals surface area contributed by atoms with Crippen LogP contribution in [0.3, 0.4) is 0 Å². The average molecular weight is 477 g/mol. The summed E-state index contributed by atoms with van der Waals surface area (Å²) in [5.41, 5.74) is 4.04. The first kappa shape index (κ1) is 23.4. The Labute approximate surface area is 205 Å². The van der Waals surface area contributed by atoms with Crippen molar-refractivity contribution < 1.29 is 24.2 Å². The fourth-order valence-corrected chi connectivity index (χ4v) is 6.16. The minimum absolute atomic E-state index is 0.00865. The number of fused-ring (bicyclic) bond motifs is 5. The van der Waals surface area contributed by atoms with E-state index in [2.05, 4.69) is 29.6 Å². The Morgan fingerprint density at radius 3 is 2.26 bits per heavy atom. The number of alkyl carbamates (subject to hydrolysis) is 1. The minimum atomic E-state index is -0.813. The van der Waals surface area contributed by atoms with Crippen LogP contribution in [0.15, 0.2) is 48.5 Å². The first-order valence-corrected chi connectivity index (χ1v) is 12.4. The zero-order valence-electron chi connectivity index (χ0n) is 20.2. The van der Waals surface area contributed by atoms with Crippen LogP contribution < -0.4 is 5.32 Å². The van der Waals surface area contributed by atoms with Crippen molar-refractivity contribution in [3.63, 3.8) is 0 Å². The fraction of sp³-hybridized carbons (Fsp3) is 0.464. The van der Waals surface area contributed by atoms with E-state index in [0.29, 0.717) is 12.8 Å². The SMILES string of the molecule is CC(C)(CCC(=O)N1[C@@H]2CC[C@H]1[C@@H](C(=O)O)C2)NC(=O)OCC1c2ccccc2-c2ccccc21. The van der Waals surface area contributed by atoms with Gasteiger partial charge in [-0.05, 0) is 61.8 Å². The van der Waals surface area contributed by atoms with Crippen LogP contribution >= 0.6 is 0 Å². The van der Waals surface area contributed by atoms with Gasteiger partial charge in [-0.1, -0.05) is 48.5 Å². The number of aliphatic carboxylic acids is 1. The molecule has 2 bridgehead atoms. The number of amides is 2. The molecular weight excluding hydrogens is 444 g/mol. The standard InChI is InChI=1S/C28H32N2O5/c1-28(2,14-13-25(31)30-17-11-12-24(30)22(15-17)26(32)33)29-27(34)35-16-23-20-9-5-3-7-18(20)19-8-4-6-10-21(19)23/h3-10,17,22-24H,11-16H2,1-2H3,(H,29,34)(H,32,33)/t17-,22+,24+/m1/s1. The van der Waals surface area contributed by atoms with Crippen LogP contribution in [0, 0.1) is 5.92 Å². The molecule has 2 N–H and O–H groups in total. The second kappa shape index (κ2) is 9.02. The highest BCUT2D eigenvalue weighted by Gasteiger charge is 2.51. The number of carboxylic acids is 1. The van der Waals surface area contributed by atoms with Crippen LogP contribution in [0.25, 0.3) is 11.1 Å². The second-order valence-corrected chi connectivity index (χ2v) is 10.6. The Morgan fingerprint density at radius 1 is 1.03 bits per heavy atom. The molecule has 0 unspecified atom stereocenters. The number of rotatable bonds is 7. The summed E-state index contributed by atoms with van der Waals surface area (Å²) in [5, 5.41) is 12.3. The number of carbonyl (C=O) groups is 3. The van der Waals surface area contributed by atoms with Crippen LogP contribution in [0.5, 0.6) is 0 Å². The van der Waals surface area contributed by atoms with E-state index < -0.39 is 23.5 Å².